The summed E-state index contributed by atoms with van der Waals surface area (Å²) in [5, 5.41) is 0.982. The van der Waals surface area contributed by atoms with Gasteiger partial charge in [-0.2, -0.15) is 0 Å². The minimum Gasteiger partial charge on any atom is -0.208 e. The third-order valence-electron chi connectivity index (χ3n) is 1.81. The molecule has 0 atom stereocenters. The molecular weight excluding hydrogens is 220 g/mol. The first-order valence-electron chi connectivity index (χ1n) is 4.23. The minimum absolute atomic E-state index is 0.825. The third kappa shape index (κ3) is 3.94. The summed E-state index contributed by atoms with van der Waals surface area (Å²) in [6.45, 7) is 2.06. The van der Waals surface area contributed by atoms with Crippen LogP contribution in [0.4, 0.5) is 0 Å². The largest absolute Gasteiger partial charge is 0.254 e. The predicted octanol–water partition coefficient (Wildman–Crippen LogP) is 2.79. The fraction of sp³-hybridized carbons (Fsp3) is 0.200. The smallest absolute Gasteiger partial charge is 0.208 e. The Morgan fingerprint density at radius 1 is 1.29 bits per heavy atom. The Morgan fingerprint density at radius 3 is 2.29 bits per heavy atom. The summed E-state index contributed by atoms with van der Waals surface area (Å²) < 4.78 is 21.2. The van der Waals surface area contributed by atoms with Gasteiger partial charge in [-0.25, -0.2) is 8.42 Å². The first kappa shape index (κ1) is 11.3. The Kier molecular flexibility index (Phi) is 3.72. The second-order valence-electron chi connectivity index (χ2n) is 2.87. The van der Waals surface area contributed by atoms with Crippen molar-refractivity contribution >= 4 is 25.8 Å². The lowest BCUT2D eigenvalue weighted by atomic mass is 10.1. The van der Waals surface area contributed by atoms with Crippen LogP contribution in [0.3, 0.4) is 0 Å². The Labute approximate surface area is 88.6 Å². The van der Waals surface area contributed by atoms with Crippen molar-refractivity contribution in [3.05, 3.63) is 40.8 Å². The second kappa shape index (κ2) is 4.62. The van der Waals surface area contributed by atoms with Crippen LogP contribution in [0.5, 0.6) is 0 Å². The van der Waals surface area contributed by atoms with Crippen molar-refractivity contribution in [3.8, 4) is 0 Å². The van der Waals surface area contributed by atoms with Crippen LogP contribution in [0.2, 0.25) is 0 Å². The molecule has 0 radical (unpaired) electrons. The molecule has 0 spiro atoms. The summed E-state index contributed by atoms with van der Waals surface area (Å²) in [4.78, 5) is 0. The van der Waals surface area contributed by atoms with E-state index in [0.717, 1.165) is 17.4 Å². The summed E-state index contributed by atoms with van der Waals surface area (Å²) in [6.07, 6.45) is 2.44. The molecule has 4 heteroatoms. The SMILES string of the molecule is CCc1ccc(/C=C/S(=O)(=O)Cl)cc1. The molecule has 0 aliphatic carbocycles. The molecular formula is C10H11ClO2S. The second-order valence-corrected chi connectivity index (χ2v) is 5.39. The predicted molar refractivity (Wildman–Crippen MR) is 59.6 cm³/mol. The van der Waals surface area contributed by atoms with Crippen LogP contribution >= 0.6 is 10.7 Å². The van der Waals surface area contributed by atoms with Crippen LogP contribution < -0.4 is 0 Å². The van der Waals surface area contributed by atoms with E-state index >= 15 is 0 Å². The molecule has 0 heterocycles. The quantitative estimate of drug-likeness (QED) is 0.749. The molecule has 0 unspecified atom stereocenters. The van der Waals surface area contributed by atoms with E-state index in [-0.39, 0.29) is 0 Å². The molecule has 0 N–H and O–H groups in total. The molecule has 0 saturated carbocycles. The average Bonchev–Trinajstić information content (AvgIpc) is 2.14. The van der Waals surface area contributed by atoms with E-state index in [1.54, 1.807) is 0 Å². The van der Waals surface area contributed by atoms with E-state index in [2.05, 4.69) is 6.92 Å². The van der Waals surface area contributed by atoms with E-state index < -0.39 is 9.05 Å². The Balaban J connectivity index is 2.84. The lowest BCUT2D eigenvalue weighted by Crippen LogP contribution is -1.81. The Hall–Kier alpha value is -0.800. The highest BCUT2D eigenvalue weighted by Gasteiger charge is 1.96. The van der Waals surface area contributed by atoms with Crippen LogP contribution in [0.25, 0.3) is 6.08 Å². The molecule has 0 aliphatic heterocycles. The molecule has 76 valence electrons. The first-order valence-corrected chi connectivity index (χ1v) is 6.60. The number of rotatable bonds is 3. The maximum Gasteiger partial charge on any atom is 0.254 e. The molecule has 0 bridgehead atoms. The van der Waals surface area contributed by atoms with Gasteiger partial charge in [0.1, 0.15) is 0 Å². The topological polar surface area (TPSA) is 34.1 Å². The van der Waals surface area contributed by atoms with Gasteiger partial charge in [-0.05, 0) is 23.6 Å². The van der Waals surface area contributed by atoms with E-state index in [0.29, 0.717) is 0 Å². The van der Waals surface area contributed by atoms with Gasteiger partial charge in [0.2, 0.25) is 0 Å². The monoisotopic (exact) mass is 230 g/mol. The molecule has 2 nitrogen and oxygen atoms in total. The minimum atomic E-state index is -3.55. The zero-order chi connectivity index (χ0) is 10.6. The van der Waals surface area contributed by atoms with Gasteiger partial charge in [-0.3, -0.25) is 0 Å². The van der Waals surface area contributed by atoms with Crippen LogP contribution in [0, 0.1) is 0 Å². The van der Waals surface area contributed by atoms with Crippen LogP contribution in [-0.2, 0) is 15.5 Å². The van der Waals surface area contributed by atoms with Gasteiger partial charge in [0, 0.05) is 16.1 Å². The average molecular weight is 231 g/mol. The summed E-state index contributed by atoms with van der Waals surface area (Å²) in [6, 6.07) is 7.63. The van der Waals surface area contributed by atoms with Gasteiger partial charge in [0.15, 0.2) is 0 Å². The molecule has 1 aromatic rings. The summed E-state index contributed by atoms with van der Waals surface area (Å²) in [5.41, 5.74) is 2.04. The maximum atomic E-state index is 10.6. The number of hydrogen-bond acceptors (Lipinski definition) is 2. The summed E-state index contributed by atoms with van der Waals surface area (Å²) >= 11 is 0. The van der Waals surface area contributed by atoms with Crippen molar-refractivity contribution in [2.45, 2.75) is 13.3 Å². The van der Waals surface area contributed by atoms with E-state index in [1.165, 1.54) is 11.6 Å². The first-order chi connectivity index (χ1) is 6.51. The van der Waals surface area contributed by atoms with Gasteiger partial charge in [0.05, 0.1) is 0 Å². The molecule has 0 aliphatic rings. The summed E-state index contributed by atoms with van der Waals surface area (Å²) in [7, 11) is 1.48. The number of hydrogen-bond donors (Lipinski definition) is 0. The summed E-state index contributed by atoms with van der Waals surface area (Å²) in [5.74, 6) is 0. The number of benzene rings is 1. The molecule has 14 heavy (non-hydrogen) atoms. The highest BCUT2D eigenvalue weighted by atomic mass is 35.7. The zero-order valence-corrected chi connectivity index (χ0v) is 9.35. The molecule has 0 aromatic heterocycles. The van der Waals surface area contributed by atoms with Crippen molar-refractivity contribution < 1.29 is 8.42 Å². The maximum absolute atomic E-state index is 10.6. The van der Waals surface area contributed by atoms with Crippen molar-refractivity contribution in [2.24, 2.45) is 0 Å². The van der Waals surface area contributed by atoms with Gasteiger partial charge in [0.25, 0.3) is 9.05 Å². The highest BCUT2D eigenvalue weighted by molar-refractivity contribution is 8.16. The normalized spacial score (nSPS) is 12.1. The standard InChI is InChI=1S/C10H11ClO2S/c1-2-9-3-5-10(6-4-9)7-8-14(11,12)13/h3-8H,2H2,1H3/b8-7+. The molecule has 1 aromatic carbocycles. The lowest BCUT2D eigenvalue weighted by molar-refractivity contribution is 0.617. The Bertz CT molecular complexity index is 418. The van der Waals surface area contributed by atoms with E-state index in [1.807, 2.05) is 24.3 Å². The van der Waals surface area contributed by atoms with E-state index in [4.69, 9.17) is 10.7 Å². The number of aryl methyl sites for hydroxylation is 1. The van der Waals surface area contributed by atoms with Crippen molar-refractivity contribution in [3.63, 3.8) is 0 Å². The lowest BCUT2D eigenvalue weighted by Gasteiger charge is -1.96. The van der Waals surface area contributed by atoms with Gasteiger partial charge >= 0.3 is 0 Å². The zero-order valence-electron chi connectivity index (χ0n) is 7.77. The fourth-order valence-corrected chi connectivity index (χ4v) is 1.50. The fourth-order valence-electron chi connectivity index (χ4n) is 1.02. The molecule has 0 fully saturated rings. The van der Waals surface area contributed by atoms with Crippen LogP contribution in [0.15, 0.2) is 29.7 Å². The number of halogens is 1. The molecule has 0 amide bonds. The van der Waals surface area contributed by atoms with Gasteiger partial charge in [-0.1, -0.05) is 31.2 Å². The third-order valence-corrected chi connectivity index (χ3v) is 2.58. The van der Waals surface area contributed by atoms with Crippen LogP contribution in [0.1, 0.15) is 18.1 Å². The van der Waals surface area contributed by atoms with Crippen molar-refractivity contribution in [1.82, 2.24) is 0 Å². The van der Waals surface area contributed by atoms with E-state index in [9.17, 15) is 8.42 Å². The van der Waals surface area contributed by atoms with Crippen molar-refractivity contribution in [1.29, 1.82) is 0 Å². The highest BCUT2D eigenvalue weighted by Crippen LogP contribution is 2.09. The van der Waals surface area contributed by atoms with Gasteiger partial charge < -0.3 is 0 Å². The molecule has 0 saturated heterocycles. The van der Waals surface area contributed by atoms with Crippen LogP contribution in [-0.4, -0.2) is 8.42 Å². The molecule has 1 rings (SSSR count). The Morgan fingerprint density at radius 2 is 1.86 bits per heavy atom. The van der Waals surface area contributed by atoms with Crippen molar-refractivity contribution in [2.75, 3.05) is 0 Å². The van der Waals surface area contributed by atoms with Gasteiger partial charge in [-0.15, -0.1) is 0 Å².